The van der Waals surface area contributed by atoms with Crippen molar-refractivity contribution in [3.8, 4) is 0 Å². The first-order valence-electron chi connectivity index (χ1n) is 11.6. The minimum atomic E-state index is 1.21. The van der Waals surface area contributed by atoms with Crippen LogP contribution in [0.5, 0.6) is 0 Å². The number of hydrogen-bond donors (Lipinski definition) is 0. The van der Waals surface area contributed by atoms with Gasteiger partial charge < -0.3 is 0 Å². The lowest BCUT2D eigenvalue weighted by molar-refractivity contribution is 0.542. The molecule has 0 aromatic carbocycles. The van der Waals surface area contributed by atoms with Crippen LogP contribution in [0.4, 0.5) is 0 Å². The summed E-state index contributed by atoms with van der Waals surface area (Å²) in [6.45, 7) is 0. The highest BCUT2D eigenvalue weighted by Gasteiger charge is 1.93. The zero-order chi connectivity index (χ0) is 19.8. The van der Waals surface area contributed by atoms with Gasteiger partial charge in [-0.05, 0) is 25.7 Å². The molecular weight excluding hydrogens is 336 g/mol. The molecule has 0 saturated heterocycles. The SMILES string of the molecule is C1=CCCCCCCCCCCCCCCC=C\C=C/C=C\C=C/C=C\C=C/1. The Bertz CT molecular complexity index is 474. The normalized spacial score (nSPS) is 25.7. The summed E-state index contributed by atoms with van der Waals surface area (Å²) in [7, 11) is 0. The molecule has 0 fully saturated rings. The maximum Gasteiger partial charge on any atom is -0.0348 e. The molecule has 1 rings (SSSR count). The van der Waals surface area contributed by atoms with Crippen molar-refractivity contribution < 1.29 is 0 Å². The fourth-order valence-corrected chi connectivity index (χ4v) is 3.28. The van der Waals surface area contributed by atoms with Crippen LogP contribution in [0.2, 0.25) is 0 Å². The van der Waals surface area contributed by atoms with E-state index in [1.807, 2.05) is 0 Å². The Morgan fingerprint density at radius 3 is 0.714 bits per heavy atom. The molecule has 0 amide bonds. The van der Waals surface area contributed by atoms with Crippen molar-refractivity contribution in [2.75, 3.05) is 0 Å². The van der Waals surface area contributed by atoms with Gasteiger partial charge in [0.2, 0.25) is 0 Å². The zero-order valence-electron chi connectivity index (χ0n) is 18.0. The summed E-state index contributed by atoms with van der Waals surface area (Å²) in [6.07, 6.45) is 49.0. The molecule has 0 saturated carbocycles. The molecule has 0 heterocycles. The lowest BCUT2D eigenvalue weighted by Crippen LogP contribution is -1.82. The van der Waals surface area contributed by atoms with Gasteiger partial charge in [0.05, 0.1) is 0 Å². The van der Waals surface area contributed by atoms with Crippen LogP contribution in [0.1, 0.15) is 89.9 Å². The van der Waals surface area contributed by atoms with Gasteiger partial charge in [0.15, 0.2) is 0 Å². The highest BCUT2D eigenvalue weighted by atomic mass is 14.0. The van der Waals surface area contributed by atoms with Crippen molar-refractivity contribution in [2.45, 2.75) is 89.9 Å². The van der Waals surface area contributed by atoms with Gasteiger partial charge in [-0.3, -0.25) is 0 Å². The van der Waals surface area contributed by atoms with Crippen LogP contribution in [-0.4, -0.2) is 0 Å². The first-order chi connectivity index (χ1) is 14.0. The summed E-state index contributed by atoms with van der Waals surface area (Å²) in [6, 6.07) is 0. The van der Waals surface area contributed by atoms with Crippen molar-refractivity contribution in [1.29, 1.82) is 0 Å². The summed E-state index contributed by atoms with van der Waals surface area (Å²) < 4.78 is 0. The molecule has 0 N–H and O–H groups in total. The van der Waals surface area contributed by atoms with Crippen LogP contribution >= 0.6 is 0 Å². The maximum absolute atomic E-state index is 2.29. The van der Waals surface area contributed by atoms with Gasteiger partial charge in [-0.25, -0.2) is 0 Å². The Kier molecular flexibility index (Phi) is 18.6. The Balaban J connectivity index is 2.31. The Labute approximate surface area is 175 Å². The molecule has 1 aliphatic carbocycles. The van der Waals surface area contributed by atoms with E-state index >= 15 is 0 Å². The molecule has 0 radical (unpaired) electrons. The summed E-state index contributed by atoms with van der Waals surface area (Å²) in [5.74, 6) is 0. The summed E-state index contributed by atoms with van der Waals surface area (Å²) in [4.78, 5) is 0. The second-order valence-electron chi connectivity index (χ2n) is 7.60. The Morgan fingerprint density at radius 1 is 0.214 bits per heavy atom. The van der Waals surface area contributed by atoms with Gasteiger partial charge in [0, 0.05) is 0 Å². The van der Waals surface area contributed by atoms with Crippen molar-refractivity contribution in [2.24, 2.45) is 0 Å². The van der Waals surface area contributed by atoms with Gasteiger partial charge in [-0.1, -0.05) is 149 Å². The average molecular weight is 379 g/mol. The standard InChI is InChI=1S/C28H42/c1-2-4-6-8-10-12-14-16-18-20-22-24-26-28-27-25-23-21-19-17-15-13-11-9-7-5-3-1/h1-14H,15-28H2/b2-1-,5-3-,6-4-,9-7-,10-8-,13-11?,14-12?. The molecule has 28 heavy (non-hydrogen) atoms. The van der Waals surface area contributed by atoms with E-state index < -0.39 is 0 Å². The third-order valence-electron chi connectivity index (χ3n) is 4.99. The first kappa shape index (κ1) is 24.2. The molecule has 0 nitrogen and oxygen atoms in total. The third-order valence-corrected chi connectivity index (χ3v) is 4.99. The van der Waals surface area contributed by atoms with E-state index in [-0.39, 0.29) is 0 Å². The highest BCUT2D eigenvalue weighted by Crippen LogP contribution is 2.13. The van der Waals surface area contributed by atoms with Crippen LogP contribution in [0.3, 0.4) is 0 Å². The second-order valence-corrected chi connectivity index (χ2v) is 7.60. The van der Waals surface area contributed by atoms with Gasteiger partial charge in [0.25, 0.3) is 0 Å². The zero-order valence-corrected chi connectivity index (χ0v) is 18.0. The summed E-state index contributed by atoms with van der Waals surface area (Å²) in [5, 5.41) is 0. The minimum absolute atomic E-state index is 1.21. The van der Waals surface area contributed by atoms with E-state index in [0.29, 0.717) is 0 Å². The van der Waals surface area contributed by atoms with Crippen LogP contribution in [0, 0.1) is 0 Å². The van der Waals surface area contributed by atoms with E-state index in [1.54, 1.807) is 0 Å². The highest BCUT2D eigenvalue weighted by molar-refractivity contribution is 5.20. The van der Waals surface area contributed by atoms with Crippen molar-refractivity contribution >= 4 is 0 Å². The van der Waals surface area contributed by atoms with Crippen LogP contribution < -0.4 is 0 Å². The smallest absolute Gasteiger partial charge is 0.0348 e. The van der Waals surface area contributed by atoms with Crippen molar-refractivity contribution in [3.05, 3.63) is 85.1 Å². The minimum Gasteiger partial charge on any atom is -0.0845 e. The molecule has 0 heteroatoms. The van der Waals surface area contributed by atoms with Crippen LogP contribution in [0.15, 0.2) is 85.1 Å². The average Bonchev–Trinajstić information content (AvgIpc) is 2.71. The molecule has 1 aliphatic rings. The van der Waals surface area contributed by atoms with E-state index in [9.17, 15) is 0 Å². The molecule has 0 spiro atoms. The van der Waals surface area contributed by atoms with Gasteiger partial charge in [-0.15, -0.1) is 0 Å². The van der Waals surface area contributed by atoms with E-state index in [2.05, 4.69) is 85.1 Å². The molecule has 0 unspecified atom stereocenters. The van der Waals surface area contributed by atoms with Gasteiger partial charge in [-0.2, -0.15) is 0 Å². The first-order valence-corrected chi connectivity index (χ1v) is 11.6. The molecule has 0 atom stereocenters. The molecule has 0 aromatic rings. The van der Waals surface area contributed by atoms with Crippen LogP contribution in [-0.2, 0) is 0 Å². The van der Waals surface area contributed by atoms with Gasteiger partial charge >= 0.3 is 0 Å². The number of rotatable bonds is 0. The fourth-order valence-electron chi connectivity index (χ4n) is 3.28. The topological polar surface area (TPSA) is 0 Å². The monoisotopic (exact) mass is 378 g/mol. The molecule has 0 aromatic heterocycles. The predicted molar refractivity (Wildman–Crippen MR) is 129 cm³/mol. The lowest BCUT2D eigenvalue weighted by Gasteiger charge is -2.02. The van der Waals surface area contributed by atoms with Crippen LogP contribution in [0.25, 0.3) is 0 Å². The lowest BCUT2D eigenvalue weighted by atomic mass is 10.0. The largest absolute Gasteiger partial charge is 0.0845 e. The van der Waals surface area contributed by atoms with Gasteiger partial charge in [0.1, 0.15) is 0 Å². The van der Waals surface area contributed by atoms with E-state index in [4.69, 9.17) is 0 Å². The van der Waals surface area contributed by atoms with Crippen molar-refractivity contribution in [3.63, 3.8) is 0 Å². The third kappa shape index (κ3) is 19.0. The number of hydrogen-bond acceptors (Lipinski definition) is 0. The molecule has 154 valence electrons. The fraction of sp³-hybridized carbons (Fsp3) is 0.500. The van der Waals surface area contributed by atoms with E-state index in [0.717, 1.165) is 0 Å². The maximum atomic E-state index is 2.29. The van der Waals surface area contributed by atoms with E-state index in [1.165, 1.54) is 89.9 Å². The summed E-state index contributed by atoms with van der Waals surface area (Å²) >= 11 is 0. The quantitative estimate of drug-likeness (QED) is 0.394. The molecular formula is C28H42. The summed E-state index contributed by atoms with van der Waals surface area (Å²) in [5.41, 5.74) is 0. The second kappa shape index (κ2) is 21.5. The molecule has 0 bridgehead atoms. The Hall–Kier alpha value is -1.82. The Morgan fingerprint density at radius 2 is 0.429 bits per heavy atom. The van der Waals surface area contributed by atoms with Crippen molar-refractivity contribution in [1.82, 2.24) is 0 Å². The molecule has 0 aliphatic heterocycles. The number of allylic oxidation sites excluding steroid dienone is 14. The predicted octanol–water partition coefficient (Wildman–Crippen LogP) is 9.35.